The predicted octanol–water partition coefficient (Wildman–Crippen LogP) is 0.811. The Balaban J connectivity index is 1.94. The second kappa shape index (κ2) is 7.25. The van der Waals surface area contributed by atoms with E-state index in [2.05, 4.69) is 15.3 Å². The fourth-order valence-corrected chi connectivity index (χ4v) is 2.57. The van der Waals surface area contributed by atoms with E-state index >= 15 is 0 Å². The molecule has 3 N–H and O–H groups in total. The molecular weight excluding hydrogens is 246 g/mol. The van der Waals surface area contributed by atoms with Crippen LogP contribution in [-0.2, 0) is 0 Å². The standard InChI is InChI=1S/C13H21N3O3/c17-5-4-10-2-1-3-11(10)15-12-8-14-9-13(16-12)19-7-6-18/h8-11,17-18H,1-7H2,(H,15,16). The first-order chi connectivity index (χ1) is 9.33. The van der Waals surface area contributed by atoms with E-state index in [1.54, 1.807) is 6.20 Å². The molecule has 6 nitrogen and oxygen atoms in total. The van der Waals surface area contributed by atoms with E-state index in [9.17, 15) is 0 Å². The third kappa shape index (κ3) is 4.04. The first kappa shape index (κ1) is 14.0. The SMILES string of the molecule is OCCOc1cncc(NC2CCCC2CCO)n1. The minimum atomic E-state index is -0.0411. The molecule has 1 heterocycles. The first-order valence-corrected chi connectivity index (χ1v) is 6.76. The van der Waals surface area contributed by atoms with E-state index in [4.69, 9.17) is 14.9 Å². The number of hydrogen-bond acceptors (Lipinski definition) is 6. The molecule has 0 saturated heterocycles. The molecule has 0 aliphatic heterocycles. The average Bonchev–Trinajstić information content (AvgIpc) is 2.85. The zero-order valence-electron chi connectivity index (χ0n) is 11.0. The summed E-state index contributed by atoms with van der Waals surface area (Å²) in [6.07, 6.45) is 7.43. The maximum Gasteiger partial charge on any atom is 0.234 e. The van der Waals surface area contributed by atoms with Crippen molar-refractivity contribution in [2.24, 2.45) is 5.92 Å². The Hall–Kier alpha value is -1.40. The lowest BCUT2D eigenvalue weighted by molar-refractivity contribution is 0.196. The number of ether oxygens (including phenoxy) is 1. The molecule has 1 aromatic rings. The molecule has 2 unspecified atom stereocenters. The van der Waals surface area contributed by atoms with E-state index in [0.717, 1.165) is 19.3 Å². The number of aliphatic hydroxyl groups excluding tert-OH is 2. The number of aliphatic hydroxyl groups is 2. The molecule has 0 radical (unpaired) electrons. The third-order valence-electron chi connectivity index (χ3n) is 3.45. The summed E-state index contributed by atoms with van der Waals surface area (Å²) >= 11 is 0. The van der Waals surface area contributed by atoms with E-state index in [-0.39, 0.29) is 19.8 Å². The molecule has 0 aromatic carbocycles. The van der Waals surface area contributed by atoms with Gasteiger partial charge in [-0.05, 0) is 25.2 Å². The summed E-state index contributed by atoms with van der Waals surface area (Å²) in [5, 5.41) is 21.1. The highest BCUT2D eigenvalue weighted by Crippen LogP contribution is 2.30. The fourth-order valence-electron chi connectivity index (χ4n) is 2.57. The lowest BCUT2D eigenvalue weighted by Gasteiger charge is -2.20. The van der Waals surface area contributed by atoms with Crippen molar-refractivity contribution in [1.29, 1.82) is 0 Å². The van der Waals surface area contributed by atoms with Crippen LogP contribution in [0.4, 0.5) is 5.82 Å². The molecule has 1 saturated carbocycles. The Labute approximate surface area is 112 Å². The van der Waals surface area contributed by atoms with Crippen LogP contribution in [0, 0.1) is 5.92 Å². The number of rotatable bonds is 7. The van der Waals surface area contributed by atoms with Gasteiger partial charge in [0.05, 0.1) is 19.0 Å². The molecule has 0 amide bonds. The van der Waals surface area contributed by atoms with Crippen LogP contribution in [0.2, 0.25) is 0 Å². The number of aromatic nitrogens is 2. The molecule has 1 aromatic heterocycles. The van der Waals surface area contributed by atoms with Crippen molar-refractivity contribution in [3.8, 4) is 5.88 Å². The van der Waals surface area contributed by atoms with Crippen LogP contribution in [0.25, 0.3) is 0 Å². The Morgan fingerprint density at radius 1 is 1.26 bits per heavy atom. The Morgan fingerprint density at radius 3 is 2.95 bits per heavy atom. The molecule has 2 rings (SSSR count). The van der Waals surface area contributed by atoms with Crippen LogP contribution in [0.1, 0.15) is 25.7 Å². The molecular formula is C13H21N3O3. The van der Waals surface area contributed by atoms with Gasteiger partial charge in [0.2, 0.25) is 5.88 Å². The van der Waals surface area contributed by atoms with E-state index < -0.39 is 0 Å². The third-order valence-corrected chi connectivity index (χ3v) is 3.45. The molecule has 1 aliphatic carbocycles. The van der Waals surface area contributed by atoms with Crippen molar-refractivity contribution >= 4 is 5.82 Å². The molecule has 0 bridgehead atoms. The van der Waals surface area contributed by atoms with Crippen LogP contribution >= 0.6 is 0 Å². The van der Waals surface area contributed by atoms with Gasteiger partial charge < -0.3 is 20.3 Å². The molecule has 0 spiro atoms. The topological polar surface area (TPSA) is 87.5 Å². The van der Waals surface area contributed by atoms with Crippen molar-refractivity contribution in [2.45, 2.75) is 31.7 Å². The average molecular weight is 267 g/mol. The largest absolute Gasteiger partial charge is 0.474 e. The normalized spacial score (nSPS) is 22.4. The van der Waals surface area contributed by atoms with Gasteiger partial charge in [0.1, 0.15) is 12.4 Å². The fraction of sp³-hybridized carbons (Fsp3) is 0.692. The smallest absolute Gasteiger partial charge is 0.234 e. The van der Waals surface area contributed by atoms with Gasteiger partial charge in [-0.15, -0.1) is 0 Å². The van der Waals surface area contributed by atoms with Gasteiger partial charge in [-0.3, -0.25) is 4.98 Å². The van der Waals surface area contributed by atoms with Gasteiger partial charge >= 0.3 is 0 Å². The summed E-state index contributed by atoms with van der Waals surface area (Å²) in [5.74, 6) is 1.59. The lowest BCUT2D eigenvalue weighted by atomic mass is 10.0. The van der Waals surface area contributed by atoms with E-state index in [1.165, 1.54) is 12.6 Å². The molecule has 2 atom stereocenters. The number of nitrogens with one attached hydrogen (secondary N) is 1. The van der Waals surface area contributed by atoms with Gasteiger partial charge in [-0.25, -0.2) is 0 Å². The van der Waals surface area contributed by atoms with Crippen molar-refractivity contribution in [3.63, 3.8) is 0 Å². The summed E-state index contributed by atoms with van der Waals surface area (Å²) in [6, 6.07) is 0.342. The Kier molecular flexibility index (Phi) is 5.35. The van der Waals surface area contributed by atoms with Gasteiger partial charge in [0.25, 0.3) is 0 Å². The molecule has 6 heteroatoms. The Bertz CT molecular complexity index is 389. The second-order valence-electron chi connectivity index (χ2n) is 4.77. The van der Waals surface area contributed by atoms with Crippen molar-refractivity contribution in [1.82, 2.24) is 9.97 Å². The summed E-state index contributed by atoms with van der Waals surface area (Å²) in [4.78, 5) is 8.37. The molecule has 106 valence electrons. The zero-order valence-corrected chi connectivity index (χ0v) is 11.0. The molecule has 19 heavy (non-hydrogen) atoms. The first-order valence-electron chi connectivity index (χ1n) is 6.76. The highest BCUT2D eigenvalue weighted by atomic mass is 16.5. The van der Waals surface area contributed by atoms with Crippen molar-refractivity contribution < 1.29 is 14.9 Å². The highest BCUT2D eigenvalue weighted by molar-refractivity contribution is 5.35. The van der Waals surface area contributed by atoms with E-state index in [1.807, 2.05) is 0 Å². The second-order valence-corrected chi connectivity index (χ2v) is 4.77. The van der Waals surface area contributed by atoms with Crippen molar-refractivity contribution in [3.05, 3.63) is 12.4 Å². The maximum atomic E-state index is 9.05. The van der Waals surface area contributed by atoms with Crippen LogP contribution in [0.3, 0.4) is 0 Å². The predicted molar refractivity (Wildman–Crippen MR) is 71.1 cm³/mol. The lowest BCUT2D eigenvalue weighted by Crippen LogP contribution is -2.25. The van der Waals surface area contributed by atoms with Gasteiger partial charge in [0, 0.05) is 12.6 Å². The van der Waals surface area contributed by atoms with Crippen LogP contribution in [0.15, 0.2) is 12.4 Å². The summed E-state index contributed by atoms with van der Waals surface area (Å²) in [6.45, 7) is 0.406. The molecule has 1 aliphatic rings. The van der Waals surface area contributed by atoms with Crippen LogP contribution < -0.4 is 10.1 Å². The minimum absolute atomic E-state index is 0.0411. The zero-order chi connectivity index (χ0) is 13.5. The number of hydrogen-bond donors (Lipinski definition) is 3. The summed E-state index contributed by atoms with van der Waals surface area (Å²) < 4.78 is 5.23. The highest BCUT2D eigenvalue weighted by Gasteiger charge is 2.26. The van der Waals surface area contributed by atoms with Gasteiger partial charge in [-0.2, -0.15) is 4.98 Å². The minimum Gasteiger partial charge on any atom is -0.474 e. The van der Waals surface area contributed by atoms with Gasteiger partial charge in [0.15, 0.2) is 0 Å². The number of anilines is 1. The summed E-state index contributed by atoms with van der Waals surface area (Å²) in [7, 11) is 0. The monoisotopic (exact) mass is 267 g/mol. The Morgan fingerprint density at radius 2 is 2.16 bits per heavy atom. The summed E-state index contributed by atoms with van der Waals surface area (Å²) in [5.41, 5.74) is 0. The van der Waals surface area contributed by atoms with Crippen LogP contribution in [0.5, 0.6) is 5.88 Å². The van der Waals surface area contributed by atoms with Gasteiger partial charge in [-0.1, -0.05) is 6.42 Å². The quantitative estimate of drug-likeness (QED) is 0.677. The van der Waals surface area contributed by atoms with E-state index in [0.29, 0.717) is 23.7 Å². The maximum absolute atomic E-state index is 9.05. The molecule has 1 fully saturated rings. The van der Waals surface area contributed by atoms with Crippen molar-refractivity contribution in [2.75, 3.05) is 25.1 Å². The number of nitrogens with zero attached hydrogens (tertiary/aromatic N) is 2. The van der Waals surface area contributed by atoms with Crippen LogP contribution in [-0.4, -0.2) is 46.0 Å².